The zero-order valence-corrected chi connectivity index (χ0v) is 23.2. The molecule has 0 aliphatic heterocycles. The molecule has 13 nitrogen and oxygen atoms in total. The fourth-order valence-electron chi connectivity index (χ4n) is 3.26. The first-order chi connectivity index (χ1) is 17.7. The highest BCUT2D eigenvalue weighted by Gasteiger charge is 2.26. The van der Waals surface area contributed by atoms with Crippen LogP contribution in [0.25, 0.3) is 0 Å². The van der Waals surface area contributed by atoms with Crippen LogP contribution in [0.4, 0.5) is 4.79 Å². The van der Waals surface area contributed by atoms with Crippen molar-refractivity contribution in [2.45, 2.75) is 116 Å². The van der Waals surface area contributed by atoms with Crippen LogP contribution >= 0.6 is 0 Å². The molecule has 0 heterocycles. The van der Waals surface area contributed by atoms with Crippen molar-refractivity contribution in [1.82, 2.24) is 21.3 Å². The first kappa shape index (κ1) is 34.6. The smallest absolute Gasteiger partial charge is 0.408 e. The number of rotatable bonds is 18. The molecule has 0 aliphatic carbocycles. The summed E-state index contributed by atoms with van der Waals surface area (Å²) in [7, 11) is 0. The Balaban J connectivity index is 4.56. The Kier molecular flexibility index (Phi) is 16.4. The second-order valence-electron chi connectivity index (χ2n) is 10.1. The van der Waals surface area contributed by atoms with Crippen LogP contribution in [-0.2, 0) is 28.7 Å². The molecule has 7 N–H and O–H groups in total. The molecule has 0 unspecified atom stereocenters. The lowest BCUT2D eigenvalue weighted by Crippen LogP contribution is -2.52. The number of amides is 5. The number of carbonyl (C=O) groups is 6. The van der Waals surface area contributed by atoms with Gasteiger partial charge in [0.05, 0.1) is 0 Å². The summed E-state index contributed by atoms with van der Waals surface area (Å²) in [5.74, 6) is -3.46. The minimum absolute atomic E-state index is 0.0346. The maximum Gasteiger partial charge on any atom is 0.408 e. The average Bonchev–Trinajstić information content (AvgIpc) is 2.78. The molecule has 0 saturated heterocycles. The molecule has 0 rings (SSSR count). The molecule has 0 saturated carbocycles. The van der Waals surface area contributed by atoms with Crippen LogP contribution in [0.3, 0.4) is 0 Å². The van der Waals surface area contributed by atoms with Crippen molar-refractivity contribution in [1.29, 1.82) is 0 Å². The predicted molar refractivity (Wildman–Crippen MR) is 140 cm³/mol. The van der Waals surface area contributed by atoms with Crippen LogP contribution in [0, 0.1) is 0 Å². The molecule has 0 radical (unpaired) electrons. The van der Waals surface area contributed by atoms with E-state index < -0.39 is 53.5 Å². The quantitative estimate of drug-likeness (QED) is 0.138. The summed E-state index contributed by atoms with van der Waals surface area (Å²) < 4.78 is 5.07. The molecule has 13 heteroatoms. The van der Waals surface area contributed by atoms with Gasteiger partial charge < -0.3 is 36.8 Å². The van der Waals surface area contributed by atoms with Crippen LogP contribution in [-0.4, -0.2) is 71.1 Å². The van der Waals surface area contributed by atoms with Gasteiger partial charge in [-0.25, -0.2) is 9.59 Å². The van der Waals surface area contributed by atoms with E-state index in [0.29, 0.717) is 25.8 Å². The maximum absolute atomic E-state index is 12.4. The van der Waals surface area contributed by atoms with Crippen molar-refractivity contribution in [2.24, 2.45) is 5.73 Å². The molecule has 0 aromatic carbocycles. The van der Waals surface area contributed by atoms with Crippen molar-refractivity contribution in [3.8, 4) is 0 Å². The number of aliphatic carboxylic acids is 1. The summed E-state index contributed by atoms with van der Waals surface area (Å²) >= 11 is 0. The van der Waals surface area contributed by atoms with Crippen molar-refractivity contribution in [2.75, 3.05) is 6.54 Å². The number of ether oxygens (including phenoxy) is 1. The molecule has 0 bridgehead atoms. The van der Waals surface area contributed by atoms with Crippen molar-refractivity contribution in [3.05, 3.63) is 0 Å². The monoisotopic (exact) mass is 543 g/mol. The summed E-state index contributed by atoms with van der Waals surface area (Å²) in [6.45, 7) is 8.85. The molecule has 0 spiro atoms. The van der Waals surface area contributed by atoms with Crippen molar-refractivity contribution < 1.29 is 38.6 Å². The van der Waals surface area contributed by atoms with E-state index >= 15 is 0 Å². The van der Waals surface area contributed by atoms with Gasteiger partial charge in [-0.1, -0.05) is 19.8 Å². The first-order valence-corrected chi connectivity index (χ1v) is 13.0. The van der Waals surface area contributed by atoms with E-state index in [1.807, 2.05) is 0 Å². The highest BCUT2D eigenvalue weighted by molar-refractivity contribution is 5.91. The van der Waals surface area contributed by atoms with Gasteiger partial charge in [0.15, 0.2) is 0 Å². The Morgan fingerprint density at radius 3 is 2.05 bits per heavy atom. The minimum atomic E-state index is -1.21. The Morgan fingerprint density at radius 2 is 1.50 bits per heavy atom. The van der Waals surface area contributed by atoms with Crippen molar-refractivity contribution in [3.63, 3.8) is 0 Å². The molecular formula is C25H45N5O8. The summed E-state index contributed by atoms with van der Waals surface area (Å²) in [5.41, 5.74) is 4.57. The van der Waals surface area contributed by atoms with E-state index in [1.54, 1.807) is 20.8 Å². The number of hydrogen-bond acceptors (Lipinski definition) is 7. The van der Waals surface area contributed by atoms with E-state index in [4.69, 9.17) is 10.5 Å². The number of carboxylic acids is 1. The van der Waals surface area contributed by atoms with Crippen LogP contribution in [0.2, 0.25) is 0 Å². The van der Waals surface area contributed by atoms with Gasteiger partial charge in [0, 0.05) is 19.4 Å². The summed E-state index contributed by atoms with van der Waals surface area (Å²) in [5, 5.41) is 19.3. The highest BCUT2D eigenvalue weighted by atomic mass is 16.6. The fourth-order valence-corrected chi connectivity index (χ4v) is 3.26. The molecule has 5 amide bonds. The minimum Gasteiger partial charge on any atom is -0.480 e. The highest BCUT2D eigenvalue weighted by Crippen LogP contribution is 2.07. The summed E-state index contributed by atoms with van der Waals surface area (Å²) in [4.78, 5) is 71.5. The van der Waals surface area contributed by atoms with Gasteiger partial charge in [-0.15, -0.1) is 0 Å². The van der Waals surface area contributed by atoms with E-state index in [-0.39, 0.29) is 25.2 Å². The molecule has 218 valence electrons. The van der Waals surface area contributed by atoms with E-state index in [2.05, 4.69) is 28.2 Å². The zero-order valence-electron chi connectivity index (χ0n) is 23.2. The molecule has 38 heavy (non-hydrogen) atoms. The van der Waals surface area contributed by atoms with Crippen LogP contribution < -0.4 is 27.0 Å². The normalized spacial score (nSPS) is 13.4. The van der Waals surface area contributed by atoms with Gasteiger partial charge in [-0.3, -0.25) is 19.2 Å². The average molecular weight is 544 g/mol. The number of carboxylic acid groups (broad SMARTS) is 1. The van der Waals surface area contributed by atoms with Gasteiger partial charge in [0.25, 0.3) is 0 Å². The third-order valence-corrected chi connectivity index (χ3v) is 5.33. The predicted octanol–water partition coefficient (Wildman–Crippen LogP) is 1.09. The number of unbranched alkanes of at least 4 members (excludes halogenated alkanes) is 3. The number of primary amides is 1. The van der Waals surface area contributed by atoms with E-state index in [1.165, 1.54) is 6.92 Å². The van der Waals surface area contributed by atoms with Crippen LogP contribution in [0.1, 0.15) is 92.4 Å². The fraction of sp³-hybridized carbons (Fsp3) is 0.760. The van der Waals surface area contributed by atoms with Gasteiger partial charge in [0.2, 0.25) is 23.6 Å². The Morgan fingerprint density at radius 1 is 0.842 bits per heavy atom. The standard InChI is InChI=1S/C25H45N5O8/c1-6-7-8-12-19(31)27-15-10-9-11-18(23(35)36)29-20(32)14-13-17(21(26)33)30-22(34)16(2)28-24(37)38-25(3,4)5/h16-18H,6-15H2,1-5H3,(H2,26,33)(H,27,31)(H,28,37)(H,29,32)(H,30,34)(H,35,36)/t16-,17+,18-/m0/s1. The number of hydrogen-bond donors (Lipinski definition) is 6. The van der Waals surface area contributed by atoms with Gasteiger partial charge in [0.1, 0.15) is 23.7 Å². The van der Waals surface area contributed by atoms with Gasteiger partial charge in [-0.05, 0) is 59.8 Å². The van der Waals surface area contributed by atoms with E-state index in [9.17, 15) is 33.9 Å². The van der Waals surface area contributed by atoms with Crippen LogP contribution in [0.5, 0.6) is 0 Å². The summed E-state index contributed by atoms with van der Waals surface area (Å²) in [6, 6.07) is -3.39. The Bertz CT molecular complexity index is 812. The van der Waals surface area contributed by atoms with E-state index in [0.717, 1.165) is 19.3 Å². The summed E-state index contributed by atoms with van der Waals surface area (Å²) in [6.07, 6.45) is 3.26. The number of nitrogens with one attached hydrogen (secondary N) is 4. The zero-order chi connectivity index (χ0) is 29.3. The number of nitrogens with two attached hydrogens (primary N) is 1. The molecule has 0 aromatic heterocycles. The van der Waals surface area contributed by atoms with Gasteiger partial charge >= 0.3 is 12.1 Å². The first-order valence-electron chi connectivity index (χ1n) is 13.0. The topological polar surface area (TPSA) is 206 Å². The lowest BCUT2D eigenvalue weighted by molar-refractivity contribution is -0.142. The Hall–Kier alpha value is -3.38. The molecule has 0 aromatic rings. The Labute approximate surface area is 224 Å². The largest absolute Gasteiger partial charge is 0.480 e. The lowest BCUT2D eigenvalue weighted by Gasteiger charge is -2.23. The van der Waals surface area contributed by atoms with Crippen molar-refractivity contribution >= 4 is 35.7 Å². The third-order valence-electron chi connectivity index (χ3n) is 5.33. The lowest BCUT2D eigenvalue weighted by atomic mass is 10.1. The van der Waals surface area contributed by atoms with Crippen LogP contribution in [0.15, 0.2) is 0 Å². The molecule has 3 atom stereocenters. The number of carbonyl (C=O) groups excluding carboxylic acids is 5. The maximum atomic E-state index is 12.4. The second-order valence-corrected chi connectivity index (χ2v) is 10.1. The molecule has 0 fully saturated rings. The second kappa shape index (κ2) is 18.0. The molecular weight excluding hydrogens is 498 g/mol. The third kappa shape index (κ3) is 17.1. The van der Waals surface area contributed by atoms with Gasteiger partial charge in [-0.2, -0.15) is 0 Å². The number of alkyl carbamates (subject to hydrolysis) is 1. The SMILES string of the molecule is CCCCCC(=O)NCCCC[C@H](NC(=O)CC[C@@H](NC(=O)[C@H](C)NC(=O)OC(C)(C)C)C(N)=O)C(=O)O. The molecule has 0 aliphatic rings.